The summed E-state index contributed by atoms with van der Waals surface area (Å²) in [7, 11) is 0. The molecule has 27 heavy (non-hydrogen) atoms. The second kappa shape index (κ2) is 6.56. The predicted molar refractivity (Wildman–Crippen MR) is 95.2 cm³/mol. The number of ether oxygens (including phenoxy) is 1. The van der Waals surface area contributed by atoms with Gasteiger partial charge in [0.15, 0.2) is 6.61 Å². The van der Waals surface area contributed by atoms with E-state index < -0.39 is 5.97 Å². The van der Waals surface area contributed by atoms with Crippen LogP contribution in [0, 0.1) is 13.8 Å². The van der Waals surface area contributed by atoms with Gasteiger partial charge in [0.05, 0.1) is 11.1 Å². The minimum absolute atomic E-state index is 0.144. The number of nitrogens with one attached hydrogen (secondary N) is 1. The van der Waals surface area contributed by atoms with Gasteiger partial charge in [-0.05, 0) is 26.0 Å². The molecule has 0 spiro atoms. The van der Waals surface area contributed by atoms with Gasteiger partial charge in [-0.15, -0.1) is 10.2 Å². The molecule has 4 aromatic rings. The Balaban J connectivity index is 1.54. The Hall–Kier alpha value is -3.68. The number of aromatic amines is 1. The molecule has 8 nitrogen and oxygen atoms in total. The van der Waals surface area contributed by atoms with Gasteiger partial charge in [0, 0.05) is 17.0 Å². The fourth-order valence-corrected chi connectivity index (χ4v) is 2.84. The van der Waals surface area contributed by atoms with E-state index >= 15 is 0 Å². The van der Waals surface area contributed by atoms with Crippen molar-refractivity contribution >= 4 is 16.9 Å². The van der Waals surface area contributed by atoms with E-state index in [0.29, 0.717) is 22.2 Å². The maximum atomic E-state index is 12.4. The van der Waals surface area contributed by atoms with Crippen LogP contribution in [0.3, 0.4) is 0 Å². The molecule has 0 aliphatic heterocycles. The topological polar surface area (TPSA) is 111 Å². The average molecular weight is 365 g/mol. The van der Waals surface area contributed by atoms with Gasteiger partial charge in [-0.2, -0.15) is 0 Å². The van der Waals surface area contributed by atoms with E-state index in [1.54, 1.807) is 37.3 Å². The first-order valence-corrected chi connectivity index (χ1v) is 8.20. The first-order chi connectivity index (χ1) is 13.0. The summed E-state index contributed by atoms with van der Waals surface area (Å²) in [6.45, 7) is 3.41. The van der Waals surface area contributed by atoms with Crippen molar-refractivity contribution in [1.82, 2.24) is 15.2 Å². The van der Waals surface area contributed by atoms with Crippen molar-refractivity contribution in [2.45, 2.75) is 20.5 Å². The number of benzene rings is 1. The molecule has 0 aliphatic rings. The summed E-state index contributed by atoms with van der Waals surface area (Å²) < 4.78 is 16.2. The van der Waals surface area contributed by atoms with Gasteiger partial charge in [0.1, 0.15) is 11.5 Å². The third-order valence-electron chi connectivity index (χ3n) is 4.04. The maximum absolute atomic E-state index is 12.4. The van der Waals surface area contributed by atoms with Crippen molar-refractivity contribution in [3.8, 4) is 11.5 Å². The number of nitrogens with zero attached hydrogens (tertiary/aromatic N) is 2. The first-order valence-electron chi connectivity index (χ1n) is 8.20. The SMILES string of the molecule is Cc1cc(-c2nnc(COC(=O)c3cc(=O)[nH]c4ccccc34)o2)c(C)o1. The standard InChI is InChI=1S/C19H15N3O5/c1-10-7-13(11(2)26-10)18-22-21-17(27-18)9-25-19(24)14-8-16(23)20-15-6-4-3-5-12(14)15/h3-8H,9H2,1-2H3,(H,20,23). The van der Waals surface area contributed by atoms with E-state index in [2.05, 4.69) is 15.2 Å². The lowest BCUT2D eigenvalue weighted by atomic mass is 10.1. The number of fused-ring (bicyclic) bond motifs is 1. The molecule has 0 saturated heterocycles. The fraction of sp³-hybridized carbons (Fsp3) is 0.158. The second-order valence-electron chi connectivity index (χ2n) is 6.00. The highest BCUT2D eigenvalue weighted by atomic mass is 16.5. The van der Waals surface area contributed by atoms with Crippen molar-refractivity contribution < 1.29 is 18.4 Å². The normalized spacial score (nSPS) is 11.0. The molecule has 0 saturated carbocycles. The summed E-state index contributed by atoms with van der Waals surface area (Å²) >= 11 is 0. The number of rotatable bonds is 4. The molecule has 0 aliphatic carbocycles. The number of hydrogen-bond donors (Lipinski definition) is 1. The zero-order valence-corrected chi connectivity index (χ0v) is 14.6. The van der Waals surface area contributed by atoms with Crippen LogP contribution in [0.2, 0.25) is 0 Å². The highest BCUT2D eigenvalue weighted by Gasteiger charge is 2.17. The van der Waals surface area contributed by atoms with E-state index in [0.717, 1.165) is 5.76 Å². The number of H-pyrrole nitrogens is 1. The van der Waals surface area contributed by atoms with Crippen LogP contribution < -0.4 is 5.56 Å². The Morgan fingerprint density at radius 2 is 1.96 bits per heavy atom. The monoisotopic (exact) mass is 365 g/mol. The van der Waals surface area contributed by atoms with Crippen molar-refractivity contribution in [3.05, 3.63) is 69.7 Å². The van der Waals surface area contributed by atoms with E-state index in [-0.39, 0.29) is 29.5 Å². The smallest absolute Gasteiger partial charge is 0.339 e. The molecule has 1 N–H and O–H groups in total. The van der Waals surface area contributed by atoms with Crippen molar-refractivity contribution in [3.63, 3.8) is 0 Å². The molecule has 0 radical (unpaired) electrons. The zero-order chi connectivity index (χ0) is 19.0. The number of aromatic nitrogens is 3. The van der Waals surface area contributed by atoms with E-state index in [1.807, 2.05) is 6.92 Å². The molecule has 0 unspecified atom stereocenters. The first kappa shape index (κ1) is 16.8. The van der Waals surface area contributed by atoms with Crippen LogP contribution in [0.15, 0.2) is 50.0 Å². The molecule has 0 bridgehead atoms. The minimum atomic E-state index is -0.646. The number of aryl methyl sites for hydroxylation is 2. The second-order valence-corrected chi connectivity index (χ2v) is 6.00. The van der Waals surface area contributed by atoms with Crippen LogP contribution in [0.1, 0.15) is 27.8 Å². The predicted octanol–water partition coefficient (Wildman–Crippen LogP) is 3.14. The lowest BCUT2D eigenvalue weighted by Gasteiger charge is -2.05. The summed E-state index contributed by atoms with van der Waals surface area (Å²) in [6, 6.07) is 10.00. The van der Waals surface area contributed by atoms with Crippen LogP contribution in [-0.4, -0.2) is 21.2 Å². The fourth-order valence-electron chi connectivity index (χ4n) is 2.84. The number of hydrogen-bond acceptors (Lipinski definition) is 7. The van der Waals surface area contributed by atoms with Crippen LogP contribution in [-0.2, 0) is 11.3 Å². The van der Waals surface area contributed by atoms with Gasteiger partial charge >= 0.3 is 5.97 Å². The Bertz CT molecular complexity index is 1200. The van der Waals surface area contributed by atoms with Gasteiger partial charge in [-0.25, -0.2) is 4.79 Å². The van der Waals surface area contributed by atoms with Gasteiger partial charge in [-0.3, -0.25) is 4.79 Å². The molecule has 4 rings (SSSR count). The third-order valence-corrected chi connectivity index (χ3v) is 4.04. The number of pyridine rings is 1. The number of para-hydroxylation sites is 1. The minimum Gasteiger partial charge on any atom is -0.466 e. The Morgan fingerprint density at radius 3 is 2.74 bits per heavy atom. The summed E-state index contributed by atoms with van der Waals surface area (Å²) in [5.41, 5.74) is 1.04. The Morgan fingerprint density at radius 1 is 1.15 bits per heavy atom. The zero-order valence-electron chi connectivity index (χ0n) is 14.6. The van der Waals surface area contributed by atoms with Gasteiger partial charge in [-0.1, -0.05) is 18.2 Å². The highest BCUT2D eigenvalue weighted by molar-refractivity contribution is 6.03. The number of carbonyl (C=O) groups excluding carboxylic acids is 1. The van der Waals surface area contributed by atoms with Gasteiger partial charge in [0.25, 0.3) is 11.8 Å². The molecule has 0 amide bonds. The molecule has 3 aromatic heterocycles. The van der Waals surface area contributed by atoms with E-state index in [9.17, 15) is 9.59 Å². The van der Waals surface area contributed by atoms with Crippen LogP contribution in [0.25, 0.3) is 22.4 Å². The van der Waals surface area contributed by atoms with Crippen molar-refractivity contribution in [2.75, 3.05) is 0 Å². The molecule has 8 heteroatoms. The Labute approximate surface area is 152 Å². The lowest BCUT2D eigenvalue weighted by molar-refractivity contribution is 0.0441. The lowest BCUT2D eigenvalue weighted by Crippen LogP contribution is -2.13. The largest absolute Gasteiger partial charge is 0.466 e. The summed E-state index contributed by atoms with van der Waals surface area (Å²) in [5, 5.41) is 8.43. The van der Waals surface area contributed by atoms with Crippen molar-refractivity contribution in [2.24, 2.45) is 0 Å². The number of furan rings is 1. The molecular formula is C19H15N3O5. The highest BCUT2D eigenvalue weighted by Crippen LogP contribution is 2.25. The van der Waals surface area contributed by atoms with Crippen LogP contribution in [0.5, 0.6) is 0 Å². The van der Waals surface area contributed by atoms with Crippen LogP contribution >= 0.6 is 0 Å². The molecule has 0 atom stereocenters. The third kappa shape index (κ3) is 3.24. The van der Waals surface area contributed by atoms with Gasteiger partial charge < -0.3 is 18.6 Å². The molecule has 136 valence electrons. The summed E-state index contributed by atoms with van der Waals surface area (Å²) in [5.74, 6) is 1.18. The van der Waals surface area contributed by atoms with E-state index in [4.69, 9.17) is 13.6 Å². The van der Waals surface area contributed by atoms with Crippen LogP contribution in [0.4, 0.5) is 0 Å². The number of carbonyl (C=O) groups is 1. The molecular weight excluding hydrogens is 350 g/mol. The average Bonchev–Trinajstić information content (AvgIpc) is 3.24. The van der Waals surface area contributed by atoms with Gasteiger partial charge in [0.2, 0.25) is 5.56 Å². The molecule has 3 heterocycles. The van der Waals surface area contributed by atoms with Crippen molar-refractivity contribution in [1.29, 1.82) is 0 Å². The summed E-state index contributed by atoms with van der Waals surface area (Å²) in [6.07, 6.45) is 0. The van der Waals surface area contributed by atoms with E-state index in [1.165, 1.54) is 6.07 Å². The molecule has 1 aromatic carbocycles. The molecule has 0 fully saturated rings. The summed E-state index contributed by atoms with van der Waals surface area (Å²) in [4.78, 5) is 26.9. The maximum Gasteiger partial charge on any atom is 0.339 e. The Kier molecular flexibility index (Phi) is 4.08. The number of esters is 1. The quantitative estimate of drug-likeness (QED) is 0.553.